The van der Waals surface area contributed by atoms with Crippen molar-refractivity contribution in [1.29, 1.82) is 0 Å². The molecule has 1 saturated heterocycles. The van der Waals surface area contributed by atoms with Crippen molar-refractivity contribution in [3.8, 4) is 0 Å². The molecule has 1 heterocycles. The maximum atomic E-state index is 13.6. The molecule has 0 aromatic heterocycles. The lowest BCUT2D eigenvalue weighted by atomic mass is 9.82. The Hall–Kier alpha value is -3.23. The topological polar surface area (TPSA) is 101 Å². The summed E-state index contributed by atoms with van der Waals surface area (Å²) in [5.41, 5.74) is 0.861. The second kappa shape index (κ2) is 8.96. The van der Waals surface area contributed by atoms with Crippen molar-refractivity contribution in [3.05, 3.63) is 85.4 Å². The number of nitro benzene ring substituents is 1. The number of fused-ring (bicyclic) bond motifs is 1. The summed E-state index contributed by atoms with van der Waals surface area (Å²) in [5.74, 6) is -2.89. The fourth-order valence-corrected chi connectivity index (χ4v) is 4.65. The van der Waals surface area contributed by atoms with Crippen LogP contribution < -0.4 is 0 Å². The van der Waals surface area contributed by atoms with Crippen LogP contribution in [0.25, 0.3) is 0 Å². The zero-order valence-electron chi connectivity index (χ0n) is 17.5. The number of carbonyl (C=O) groups is 3. The summed E-state index contributed by atoms with van der Waals surface area (Å²) in [7, 11) is 0. The minimum Gasteiger partial charge on any atom is -0.272 e. The average Bonchev–Trinajstić information content (AvgIpc) is 3.02. The van der Waals surface area contributed by atoms with Gasteiger partial charge in [-0.3, -0.25) is 24.5 Å². The van der Waals surface area contributed by atoms with Gasteiger partial charge in [-0.1, -0.05) is 47.0 Å². The van der Waals surface area contributed by atoms with Gasteiger partial charge in [-0.05, 0) is 44.0 Å². The number of hydrazine groups is 1. The highest BCUT2D eigenvalue weighted by Crippen LogP contribution is 2.39. The van der Waals surface area contributed by atoms with Crippen molar-refractivity contribution in [3.63, 3.8) is 0 Å². The van der Waals surface area contributed by atoms with Crippen molar-refractivity contribution >= 4 is 46.6 Å². The summed E-state index contributed by atoms with van der Waals surface area (Å²) in [6, 6.07) is 10.2. The van der Waals surface area contributed by atoms with E-state index in [0.29, 0.717) is 12.8 Å². The maximum absolute atomic E-state index is 13.6. The molecule has 170 valence electrons. The number of allylic oxidation sites excluding steroid dienone is 2. The van der Waals surface area contributed by atoms with Gasteiger partial charge in [0.05, 0.1) is 39.5 Å². The monoisotopic (exact) mass is 487 g/mol. The van der Waals surface area contributed by atoms with Gasteiger partial charge in [-0.2, -0.15) is 5.01 Å². The third kappa shape index (κ3) is 4.24. The standard InChI is InChI=1S/C23H19Cl2N3O5/c1-13-6-9-16-18(10-13)23(31)27(22(16)30)26(21(29)17-4-2-3-5-19(17)25)12-14-7-8-15(24)11-20(14)28(32)33/h2-8,11,16,18H,9-10,12H2,1H3/t16-,18+/m1/s1. The van der Waals surface area contributed by atoms with Crippen LogP contribution in [0.15, 0.2) is 54.1 Å². The lowest BCUT2D eigenvalue weighted by molar-refractivity contribution is -0.385. The molecular formula is C23H19Cl2N3O5. The van der Waals surface area contributed by atoms with E-state index < -0.39 is 34.5 Å². The highest BCUT2D eigenvalue weighted by molar-refractivity contribution is 6.34. The van der Waals surface area contributed by atoms with E-state index >= 15 is 0 Å². The molecule has 8 nitrogen and oxygen atoms in total. The zero-order chi connectivity index (χ0) is 23.9. The van der Waals surface area contributed by atoms with Crippen molar-refractivity contribution in [2.45, 2.75) is 26.3 Å². The van der Waals surface area contributed by atoms with Crippen molar-refractivity contribution in [2.24, 2.45) is 11.8 Å². The molecule has 0 bridgehead atoms. The largest absolute Gasteiger partial charge is 0.275 e. The van der Waals surface area contributed by atoms with E-state index in [1.54, 1.807) is 12.1 Å². The number of halogens is 2. The second-order valence-electron chi connectivity index (χ2n) is 8.06. The Morgan fingerprint density at radius 1 is 1.15 bits per heavy atom. The predicted octanol–water partition coefficient (Wildman–Crippen LogP) is 4.80. The Morgan fingerprint density at radius 3 is 2.55 bits per heavy atom. The first-order valence-electron chi connectivity index (χ1n) is 10.2. The predicted molar refractivity (Wildman–Crippen MR) is 121 cm³/mol. The fraction of sp³-hybridized carbons (Fsp3) is 0.261. The van der Waals surface area contributed by atoms with Crippen LogP contribution in [-0.4, -0.2) is 32.7 Å². The van der Waals surface area contributed by atoms with Crippen LogP contribution in [-0.2, 0) is 16.1 Å². The second-order valence-corrected chi connectivity index (χ2v) is 8.91. The van der Waals surface area contributed by atoms with Crippen LogP contribution in [0.3, 0.4) is 0 Å². The van der Waals surface area contributed by atoms with Crippen LogP contribution in [0.2, 0.25) is 10.0 Å². The first-order valence-corrected chi connectivity index (χ1v) is 11.0. The minimum atomic E-state index is -0.713. The number of benzene rings is 2. The van der Waals surface area contributed by atoms with Gasteiger partial charge in [0.25, 0.3) is 23.4 Å². The molecule has 1 fully saturated rings. The van der Waals surface area contributed by atoms with Gasteiger partial charge < -0.3 is 0 Å². The molecule has 2 aromatic rings. The van der Waals surface area contributed by atoms with Gasteiger partial charge in [0.2, 0.25) is 0 Å². The number of rotatable bonds is 5. The van der Waals surface area contributed by atoms with E-state index in [2.05, 4.69) is 0 Å². The summed E-state index contributed by atoms with van der Waals surface area (Å²) in [5, 5.41) is 13.7. The van der Waals surface area contributed by atoms with Gasteiger partial charge in [0.1, 0.15) is 0 Å². The van der Waals surface area contributed by atoms with Crippen molar-refractivity contribution < 1.29 is 19.3 Å². The normalized spacial score (nSPS) is 19.8. The summed E-state index contributed by atoms with van der Waals surface area (Å²) >= 11 is 12.1. The minimum absolute atomic E-state index is 0.0700. The number of carbonyl (C=O) groups excluding carboxylic acids is 3. The molecule has 0 N–H and O–H groups in total. The molecule has 3 amide bonds. The highest BCUT2D eigenvalue weighted by atomic mass is 35.5. The summed E-state index contributed by atoms with van der Waals surface area (Å²) < 4.78 is 0. The fourth-order valence-electron chi connectivity index (χ4n) is 4.27. The summed E-state index contributed by atoms with van der Waals surface area (Å²) in [6.45, 7) is 1.50. The molecule has 1 aliphatic heterocycles. The van der Waals surface area contributed by atoms with E-state index in [1.165, 1.54) is 24.3 Å². The van der Waals surface area contributed by atoms with Gasteiger partial charge >= 0.3 is 0 Å². The van der Waals surface area contributed by atoms with Crippen LogP contribution in [0.5, 0.6) is 0 Å². The van der Waals surface area contributed by atoms with E-state index in [4.69, 9.17) is 23.2 Å². The number of nitro groups is 1. The van der Waals surface area contributed by atoms with Crippen molar-refractivity contribution in [1.82, 2.24) is 10.0 Å². The molecule has 10 heteroatoms. The molecule has 2 atom stereocenters. The molecule has 1 aliphatic carbocycles. The lowest BCUT2D eigenvalue weighted by Gasteiger charge is -2.30. The van der Waals surface area contributed by atoms with E-state index in [-0.39, 0.29) is 33.4 Å². The van der Waals surface area contributed by atoms with Crippen LogP contribution in [0.4, 0.5) is 5.69 Å². The van der Waals surface area contributed by atoms with E-state index in [9.17, 15) is 24.5 Å². The first kappa shape index (κ1) is 22.9. The van der Waals surface area contributed by atoms with Crippen molar-refractivity contribution in [2.75, 3.05) is 0 Å². The molecule has 0 radical (unpaired) electrons. The Labute approximate surface area is 199 Å². The molecule has 4 rings (SSSR count). The molecule has 0 saturated carbocycles. The van der Waals surface area contributed by atoms with E-state index in [1.807, 2.05) is 13.0 Å². The summed E-state index contributed by atoms with van der Waals surface area (Å²) in [6.07, 6.45) is 2.73. The molecule has 2 aromatic carbocycles. The smallest absolute Gasteiger partial charge is 0.272 e. The van der Waals surface area contributed by atoms with Gasteiger partial charge in [-0.15, -0.1) is 0 Å². The van der Waals surface area contributed by atoms with E-state index in [0.717, 1.165) is 21.7 Å². The molecule has 0 spiro atoms. The number of imide groups is 1. The maximum Gasteiger partial charge on any atom is 0.275 e. The Morgan fingerprint density at radius 2 is 1.85 bits per heavy atom. The van der Waals surface area contributed by atoms with Crippen LogP contribution in [0, 0.1) is 22.0 Å². The van der Waals surface area contributed by atoms with Gasteiger partial charge in [-0.25, -0.2) is 5.01 Å². The Bertz CT molecular complexity index is 1210. The first-order chi connectivity index (χ1) is 15.7. The van der Waals surface area contributed by atoms with Crippen LogP contribution >= 0.6 is 23.2 Å². The van der Waals surface area contributed by atoms with Gasteiger partial charge in [0.15, 0.2) is 0 Å². The molecular weight excluding hydrogens is 469 g/mol. The number of hydrogen-bond donors (Lipinski definition) is 0. The number of amides is 3. The average molecular weight is 488 g/mol. The number of nitrogens with zero attached hydrogens (tertiary/aromatic N) is 3. The molecule has 2 aliphatic rings. The Balaban J connectivity index is 1.79. The third-order valence-corrected chi connectivity index (χ3v) is 6.51. The number of hydrogen-bond acceptors (Lipinski definition) is 5. The lowest BCUT2D eigenvalue weighted by Crippen LogP contribution is -2.50. The summed E-state index contributed by atoms with van der Waals surface area (Å²) in [4.78, 5) is 51.1. The zero-order valence-corrected chi connectivity index (χ0v) is 19.0. The van der Waals surface area contributed by atoms with Gasteiger partial charge in [0, 0.05) is 11.1 Å². The van der Waals surface area contributed by atoms with Crippen LogP contribution in [0.1, 0.15) is 35.7 Å². The molecule has 0 unspecified atom stereocenters. The SMILES string of the molecule is CC1=CC[C@H]2C(=O)N(N(Cc3ccc(Cl)cc3[N+](=O)[O-])C(=O)c3ccccc3Cl)C(=O)[C@H]2C1. The quantitative estimate of drug-likeness (QED) is 0.261. The highest BCUT2D eigenvalue weighted by Gasteiger charge is 2.51. The molecule has 33 heavy (non-hydrogen) atoms. The third-order valence-electron chi connectivity index (χ3n) is 5.94. The Kier molecular flexibility index (Phi) is 6.23.